The Morgan fingerprint density at radius 1 is 0.669 bits per heavy atom. The number of benzene rings is 6. The fourth-order valence-electron chi connectivity index (χ4n) is 15.7. The quantitative estimate of drug-likeness (QED) is 0.0507. The number of carboxylic acids is 1. The molecule has 7 aromatic rings. The molecule has 0 saturated carbocycles. The number of pyridine rings is 1. The van der Waals surface area contributed by atoms with Crippen molar-refractivity contribution in [2.75, 3.05) is 20.2 Å². The summed E-state index contributed by atoms with van der Waals surface area (Å²) in [7, 11) is 1.45. The van der Waals surface area contributed by atoms with E-state index >= 15 is 24.0 Å². The average molecular weight is 1810 g/mol. The number of aromatic hydroxyl groups is 3. The largest absolute Gasteiger partial charge is 0.508 e. The molecule has 680 valence electrons. The van der Waals surface area contributed by atoms with E-state index in [1.165, 1.54) is 45.3 Å². The number of carbonyl (C=O) groups excluding carboxylic acids is 7. The monoisotopic (exact) mass is 1810 g/mol. The number of halogens is 4. The van der Waals surface area contributed by atoms with Crippen molar-refractivity contribution in [3.05, 3.63) is 170 Å². The molecule has 39 nitrogen and oxygen atoms in total. The number of hydrogen-bond donors (Lipinski definition) is 22. The zero-order chi connectivity index (χ0) is 91.8. The summed E-state index contributed by atoms with van der Waals surface area (Å²) in [6.45, 7) is 5.10. The Balaban J connectivity index is 0.957. The normalized spacial score (nSPS) is 29.5. The number of likely N-dealkylation sites (N-methyl/N-ethyl adjacent to an activating group) is 1. The van der Waals surface area contributed by atoms with Crippen LogP contribution in [0, 0.1) is 17.6 Å². The standard InChI is InChI=1S/C84H93Cl2F2N11O28/c1-31(2)16-47(91-5)75(112)98-63-65(105)36-9-14-51(42(85)18-36)121-53-21-38-22-54(72(53)126-83-70(110)68(108)73(56(30-100)124-83)127-82-69(109)67(107)66(106)55(123-82)29-92-27-33-6-12-46(93-28-33)34-7-11-44(87)45(88)20-34)122-52-15-10-37(19-43(52)86)71(125-58-26-84(4,90)74(111)32(3)120-58)64-80(117)97-62(81(118)119)41-23-39(101)24-50(103)59(41)40-17-35(8-13-49(40)102)60(77(114)99-64)96-78(115)61(38)95-76(113)48(25-57(89)104)94-79(63)116/h6-15,17-24,28,31-32,47-48,55-56,58,60-71,73-74,82-83,91-92,100-103,105-111H,16,25-27,29-30,90H2,1-5H3,(H2,89,104)(H,94,116)(H,95,113)(H,96,115)(H,97,117)(H,98,112)(H,99,114)(H,118,119)/t32-,47+,48-,55+,56+,58-,60+,61+,62+,63+,64-,65+,66-,67-,68+,69+,70+,71+,73+,74-,82+,83?,84-/m0/s1. The van der Waals surface area contributed by atoms with Gasteiger partial charge in [-0.3, -0.25) is 38.5 Å². The molecule has 6 aromatic carbocycles. The summed E-state index contributed by atoms with van der Waals surface area (Å²) < 4.78 is 78.8. The molecule has 15 rings (SSSR count). The van der Waals surface area contributed by atoms with Crippen LogP contribution in [0.2, 0.25) is 10.0 Å². The van der Waals surface area contributed by atoms with Crippen LogP contribution in [0.3, 0.4) is 0 Å². The molecule has 0 aliphatic carbocycles. The summed E-state index contributed by atoms with van der Waals surface area (Å²) in [6, 6.07) is 5.13. The highest BCUT2D eigenvalue weighted by Crippen LogP contribution is 2.50. The van der Waals surface area contributed by atoms with E-state index in [-0.39, 0.29) is 48.5 Å². The highest BCUT2D eigenvalue weighted by Gasteiger charge is 2.53. The van der Waals surface area contributed by atoms with E-state index in [0.717, 1.165) is 78.9 Å². The van der Waals surface area contributed by atoms with Crippen LogP contribution in [0.25, 0.3) is 22.4 Å². The number of phenolic OH excluding ortho intramolecular Hbond substituents is 3. The van der Waals surface area contributed by atoms with Gasteiger partial charge in [-0.05, 0) is 140 Å². The van der Waals surface area contributed by atoms with Gasteiger partial charge in [0.15, 0.2) is 41.8 Å². The number of phenols is 3. The number of aromatic nitrogens is 1. The van der Waals surface area contributed by atoms with Crippen LogP contribution in [0.1, 0.15) is 111 Å². The third kappa shape index (κ3) is 20.4. The number of ether oxygens (including phenoxy) is 8. The van der Waals surface area contributed by atoms with Crippen LogP contribution >= 0.6 is 23.2 Å². The second kappa shape index (κ2) is 38.8. The van der Waals surface area contributed by atoms with Crippen molar-refractivity contribution in [3.8, 4) is 68.4 Å². The van der Waals surface area contributed by atoms with Gasteiger partial charge in [0.05, 0.1) is 47.0 Å². The van der Waals surface area contributed by atoms with E-state index in [9.17, 15) is 84.4 Å². The minimum absolute atomic E-state index is 0.0332. The lowest BCUT2D eigenvalue weighted by Crippen LogP contribution is -2.65. The highest BCUT2D eigenvalue weighted by atomic mass is 35.5. The number of fused-ring (bicyclic) bond motifs is 15. The molecule has 23 atom stereocenters. The molecule has 8 aliphatic heterocycles. The minimum Gasteiger partial charge on any atom is -0.508 e. The molecular weight excluding hydrogens is 1720 g/mol. The molecule has 3 saturated heterocycles. The van der Waals surface area contributed by atoms with Crippen LogP contribution in [0.4, 0.5) is 8.78 Å². The SMILES string of the molecule is CN[C@H](CC(C)C)C(=O)N[C@H]1C(=O)N[C@@H](CC(N)=O)C(=O)N[C@H]2C(=O)N[C@H]3C(=O)N[C@H](C(=O)N[C@@H](C(=O)O)c4cc(O)cc(O)c4-c4cc3ccc4O)[C@H](O[C@H]3C[C@](C)(N)[C@@H](O)[C@H](C)O3)c3ccc(c(Cl)c3)Oc3cc2cc(c3OC2O[C@H](CO)[C@@H](O[C@H]3O[C@H](CNCc4ccc(-c5ccc(F)c(F)c5)nc4)[C@H](O)[C@H](O)[C@H]3O)[C@H](O)[C@H]2O)Oc2ccc(cc2Cl)[C@H]1O. The number of carboxylic acid groups (broad SMARTS) is 1. The number of carbonyl (C=O) groups is 8. The van der Waals surface area contributed by atoms with E-state index in [4.69, 9.17) is 72.6 Å². The van der Waals surface area contributed by atoms with Crippen molar-refractivity contribution < 1.29 is 146 Å². The molecule has 1 aromatic heterocycles. The third-order valence-electron chi connectivity index (χ3n) is 22.4. The zero-order valence-corrected chi connectivity index (χ0v) is 69.5. The zero-order valence-electron chi connectivity index (χ0n) is 68.0. The lowest BCUT2D eigenvalue weighted by molar-refractivity contribution is -0.350. The molecule has 127 heavy (non-hydrogen) atoms. The van der Waals surface area contributed by atoms with Crippen LogP contribution in [-0.2, 0) is 68.6 Å². The maximum atomic E-state index is 16.4. The lowest BCUT2D eigenvalue weighted by atomic mass is 9.86. The molecule has 9 heterocycles. The van der Waals surface area contributed by atoms with Crippen molar-refractivity contribution in [2.24, 2.45) is 17.4 Å². The van der Waals surface area contributed by atoms with Gasteiger partial charge in [-0.2, -0.15) is 0 Å². The maximum Gasteiger partial charge on any atom is 0.330 e. The van der Waals surface area contributed by atoms with Crippen molar-refractivity contribution in [1.82, 2.24) is 47.5 Å². The fourth-order valence-corrected chi connectivity index (χ4v) is 16.2. The van der Waals surface area contributed by atoms with Gasteiger partial charge in [0.25, 0.3) is 0 Å². The number of amides is 7. The van der Waals surface area contributed by atoms with Gasteiger partial charge in [0.2, 0.25) is 53.4 Å². The summed E-state index contributed by atoms with van der Waals surface area (Å²) in [6.07, 6.45) is -28.3. The Kier molecular flexibility index (Phi) is 28.6. The summed E-state index contributed by atoms with van der Waals surface area (Å²) >= 11 is 14.5. The number of aliphatic carboxylic acids is 1. The summed E-state index contributed by atoms with van der Waals surface area (Å²) in [5, 5.41) is 159. The molecule has 0 spiro atoms. The molecule has 43 heteroatoms. The predicted octanol–water partition coefficient (Wildman–Crippen LogP) is 1.07. The molecule has 0 radical (unpaired) electrons. The molecule has 11 bridgehead atoms. The van der Waals surface area contributed by atoms with Crippen molar-refractivity contribution in [1.29, 1.82) is 0 Å². The maximum absolute atomic E-state index is 16.4. The summed E-state index contributed by atoms with van der Waals surface area (Å²) in [5.74, 6) is -19.1. The van der Waals surface area contributed by atoms with Gasteiger partial charge in [-0.15, -0.1) is 0 Å². The molecule has 3 fully saturated rings. The Morgan fingerprint density at radius 2 is 1.31 bits per heavy atom. The minimum atomic E-state index is -2.44. The van der Waals surface area contributed by atoms with E-state index in [1.54, 1.807) is 26.0 Å². The van der Waals surface area contributed by atoms with Crippen LogP contribution < -0.4 is 68.2 Å². The van der Waals surface area contributed by atoms with Gasteiger partial charge < -0.3 is 153 Å². The first-order chi connectivity index (χ1) is 60.2. The Hall–Kier alpha value is -11.2. The molecule has 1 unspecified atom stereocenters. The molecular formula is C84H93Cl2F2N11O28. The Labute approximate surface area is 730 Å². The number of hydrogen-bond acceptors (Lipinski definition) is 31. The third-order valence-corrected chi connectivity index (χ3v) is 23.0. The second-order valence-corrected chi connectivity index (χ2v) is 33.0. The van der Waals surface area contributed by atoms with E-state index in [1.807, 2.05) is 0 Å². The van der Waals surface area contributed by atoms with E-state index in [0.29, 0.717) is 11.3 Å². The number of aliphatic hydroxyl groups excluding tert-OH is 8. The van der Waals surface area contributed by atoms with Gasteiger partial charge in [-0.1, -0.05) is 61.3 Å². The molecule has 24 N–H and O–H groups in total. The van der Waals surface area contributed by atoms with Crippen molar-refractivity contribution in [2.45, 2.75) is 193 Å². The smallest absolute Gasteiger partial charge is 0.330 e. The first kappa shape index (κ1) is 93.5. The highest BCUT2D eigenvalue weighted by molar-refractivity contribution is 6.32. The van der Waals surface area contributed by atoms with Gasteiger partial charge in [-0.25, -0.2) is 13.6 Å². The van der Waals surface area contributed by atoms with Gasteiger partial charge in [0.1, 0.15) is 120 Å². The van der Waals surface area contributed by atoms with E-state index < -0.39 is 296 Å². The average Bonchev–Trinajstić information content (AvgIpc) is 0.760. The number of nitrogens with zero attached hydrogens (tertiary/aromatic N) is 1. The number of aliphatic hydroxyl groups is 8. The summed E-state index contributed by atoms with van der Waals surface area (Å²) in [4.78, 5) is 125. The van der Waals surface area contributed by atoms with E-state index in [2.05, 4.69) is 47.5 Å². The summed E-state index contributed by atoms with van der Waals surface area (Å²) in [5.41, 5.74) is 9.01. The first-order valence-electron chi connectivity index (χ1n) is 39.9. The van der Waals surface area contributed by atoms with Gasteiger partial charge in [0, 0.05) is 59.6 Å². The molecule has 8 aliphatic rings. The Morgan fingerprint density at radius 3 is 1.94 bits per heavy atom. The van der Waals surface area contributed by atoms with Crippen LogP contribution in [0.15, 0.2) is 115 Å². The fraction of sp³-hybridized carbons (Fsp3) is 0.417. The number of primary amides is 1. The Bertz CT molecular complexity index is 5340. The molecule has 7 amide bonds. The predicted molar refractivity (Wildman–Crippen MR) is 436 cm³/mol. The second-order valence-electron chi connectivity index (χ2n) is 32.2. The van der Waals surface area contributed by atoms with Crippen LogP contribution in [-0.4, -0.2) is 243 Å². The topological polar surface area (TPSA) is 614 Å². The number of rotatable bonds is 20. The lowest BCUT2D eigenvalue weighted by Gasteiger charge is -2.46. The van der Waals surface area contributed by atoms with Crippen LogP contribution in [0.5, 0.6) is 46.0 Å². The first-order valence-corrected chi connectivity index (χ1v) is 40.7. The van der Waals surface area contributed by atoms with Crippen molar-refractivity contribution in [3.63, 3.8) is 0 Å². The number of nitrogens with one attached hydrogen (secondary N) is 8. The number of nitrogens with two attached hydrogens (primary N) is 2. The van der Waals surface area contributed by atoms with Crippen molar-refractivity contribution >= 4 is 70.5 Å². The van der Waals surface area contributed by atoms with Gasteiger partial charge >= 0.3 is 5.97 Å².